The maximum absolute atomic E-state index is 13.0. The number of hydrogen-bond acceptors (Lipinski definition) is 4. The number of rotatable bonds is 4. The van der Waals surface area contributed by atoms with Gasteiger partial charge in [-0.2, -0.15) is 0 Å². The molecular weight excluding hydrogens is 320 g/mol. The molecule has 1 aliphatic rings. The number of hydrogen-bond donors (Lipinski definition) is 1. The molecule has 1 saturated heterocycles. The largest absolute Gasteiger partial charge is 0.478 e. The summed E-state index contributed by atoms with van der Waals surface area (Å²) in [7, 11) is 0. The molecule has 126 valence electrons. The Morgan fingerprint density at radius 3 is 2.56 bits per heavy atom. The van der Waals surface area contributed by atoms with Crippen LogP contribution in [0.1, 0.15) is 21.5 Å². The third-order valence-electron chi connectivity index (χ3n) is 4.47. The average molecular weight is 336 g/mol. The summed E-state index contributed by atoms with van der Waals surface area (Å²) in [4.78, 5) is 24.6. The zero-order valence-corrected chi connectivity index (χ0v) is 13.6. The van der Waals surface area contributed by atoms with Crippen LogP contribution in [0.15, 0.2) is 51.7 Å². The number of carboxylic acids is 1. The summed E-state index contributed by atoms with van der Waals surface area (Å²) >= 11 is 0. The highest BCUT2D eigenvalue weighted by Crippen LogP contribution is 2.30. The maximum atomic E-state index is 13.0. The Labute approximate surface area is 143 Å². The number of aromatic carboxylic acids is 1. The lowest BCUT2D eigenvalue weighted by molar-refractivity contribution is 0.0698. The van der Waals surface area contributed by atoms with Gasteiger partial charge in [-0.05, 0) is 18.6 Å². The molecule has 0 aliphatic carbocycles. The van der Waals surface area contributed by atoms with E-state index in [1.807, 2.05) is 30.3 Å². The predicted molar refractivity (Wildman–Crippen MR) is 93.1 cm³/mol. The van der Waals surface area contributed by atoms with Gasteiger partial charge in [0, 0.05) is 17.5 Å². The fourth-order valence-corrected chi connectivity index (χ4v) is 3.08. The van der Waals surface area contributed by atoms with E-state index in [2.05, 4.69) is 0 Å². The number of fused-ring (bicyclic) bond motifs is 1. The Kier molecular flexibility index (Phi) is 3.66. The molecule has 0 amide bonds. The SMILES string of the molecule is Cc1c(-c2ccccc2)oc2c(C(=O)O)ccc(CC3CO3)c2c1=O. The number of benzene rings is 2. The highest BCUT2D eigenvalue weighted by atomic mass is 16.6. The molecule has 0 radical (unpaired) electrons. The van der Waals surface area contributed by atoms with Gasteiger partial charge in [-0.15, -0.1) is 0 Å². The summed E-state index contributed by atoms with van der Waals surface area (Å²) in [5, 5.41) is 9.84. The molecular formula is C20H16O5. The van der Waals surface area contributed by atoms with Crippen LogP contribution in [0.4, 0.5) is 0 Å². The van der Waals surface area contributed by atoms with Gasteiger partial charge in [0.05, 0.1) is 18.1 Å². The molecule has 3 aromatic rings. The lowest BCUT2D eigenvalue weighted by atomic mass is 9.98. The molecule has 1 N–H and O–H groups in total. The van der Waals surface area contributed by atoms with Crippen LogP contribution in [0, 0.1) is 6.92 Å². The normalized spacial score (nSPS) is 16.1. The van der Waals surface area contributed by atoms with Crippen molar-refractivity contribution in [3.05, 3.63) is 69.4 Å². The number of carbonyl (C=O) groups is 1. The first-order valence-electron chi connectivity index (χ1n) is 8.06. The fraction of sp³-hybridized carbons (Fsp3) is 0.200. The quantitative estimate of drug-likeness (QED) is 0.739. The van der Waals surface area contributed by atoms with Gasteiger partial charge in [0.1, 0.15) is 11.3 Å². The Bertz CT molecular complexity index is 1030. The van der Waals surface area contributed by atoms with E-state index >= 15 is 0 Å². The van der Waals surface area contributed by atoms with Gasteiger partial charge in [-0.3, -0.25) is 4.79 Å². The second-order valence-corrected chi connectivity index (χ2v) is 6.19. The van der Waals surface area contributed by atoms with Gasteiger partial charge in [0.15, 0.2) is 11.0 Å². The highest BCUT2D eigenvalue weighted by molar-refractivity contribution is 6.02. The zero-order chi connectivity index (χ0) is 17.6. The third kappa shape index (κ3) is 2.72. The summed E-state index contributed by atoms with van der Waals surface area (Å²) in [6, 6.07) is 12.4. The van der Waals surface area contributed by atoms with Crippen molar-refractivity contribution < 1.29 is 19.1 Å². The lowest BCUT2D eigenvalue weighted by Gasteiger charge is -2.11. The van der Waals surface area contributed by atoms with Gasteiger partial charge < -0.3 is 14.3 Å². The molecule has 0 bridgehead atoms. The standard InChI is InChI=1S/C20H16O5/c1-11-17(21)16-13(9-14-10-24-14)7-8-15(20(22)23)19(16)25-18(11)12-5-3-2-4-6-12/h2-8,14H,9-10H2,1H3,(H,22,23). The van der Waals surface area contributed by atoms with Crippen LogP contribution >= 0.6 is 0 Å². The van der Waals surface area contributed by atoms with Crippen LogP contribution in [0.5, 0.6) is 0 Å². The van der Waals surface area contributed by atoms with E-state index in [1.54, 1.807) is 13.0 Å². The van der Waals surface area contributed by atoms with Crippen LogP contribution in [-0.4, -0.2) is 23.8 Å². The second-order valence-electron chi connectivity index (χ2n) is 6.19. The van der Waals surface area contributed by atoms with Crippen molar-refractivity contribution in [2.75, 3.05) is 6.61 Å². The summed E-state index contributed by atoms with van der Waals surface area (Å²) in [6.07, 6.45) is 0.665. The summed E-state index contributed by atoms with van der Waals surface area (Å²) in [5.41, 5.74) is 1.90. The Hall–Kier alpha value is -2.92. The van der Waals surface area contributed by atoms with E-state index in [9.17, 15) is 14.7 Å². The molecule has 1 unspecified atom stereocenters. The lowest BCUT2D eigenvalue weighted by Crippen LogP contribution is -2.13. The van der Waals surface area contributed by atoms with Crippen molar-refractivity contribution in [2.45, 2.75) is 19.4 Å². The molecule has 4 rings (SSSR count). The second kappa shape index (κ2) is 5.86. The Morgan fingerprint density at radius 2 is 1.92 bits per heavy atom. The maximum Gasteiger partial charge on any atom is 0.339 e. The van der Waals surface area contributed by atoms with E-state index in [-0.39, 0.29) is 22.7 Å². The van der Waals surface area contributed by atoms with Crippen molar-refractivity contribution in [1.29, 1.82) is 0 Å². The first kappa shape index (κ1) is 15.6. The smallest absolute Gasteiger partial charge is 0.339 e. The number of epoxide rings is 1. The van der Waals surface area contributed by atoms with E-state index in [1.165, 1.54) is 6.07 Å². The summed E-state index contributed by atoms with van der Waals surface area (Å²) in [6.45, 7) is 2.37. The van der Waals surface area contributed by atoms with E-state index in [4.69, 9.17) is 9.15 Å². The monoisotopic (exact) mass is 336 g/mol. The third-order valence-corrected chi connectivity index (χ3v) is 4.47. The molecule has 0 spiro atoms. The van der Waals surface area contributed by atoms with Crippen LogP contribution < -0.4 is 5.43 Å². The molecule has 2 aromatic carbocycles. The molecule has 25 heavy (non-hydrogen) atoms. The Morgan fingerprint density at radius 1 is 1.20 bits per heavy atom. The van der Waals surface area contributed by atoms with Gasteiger partial charge in [0.2, 0.25) is 0 Å². The molecule has 1 fully saturated rings. The minimum atomic E-state index is -1.12. The van der Waals surface area contributed by atoms with Crippen molar-refractivity contribution in [3.8, 4) is 11.3 Å². The molecule has 0 saturated carbocycles. The molecule has 1 aliphatic heterocycles. The molecule has 5 heteroatoms. The van der Waals surface area contributed by atoms with Crippen LogP contribution in [0.2, 0.25) is 0 Å². The van der Waals surface area contributed by atoms with Crippen molar-refractivity contribution in [2.24, 2.45) is 0 Å². The fourth-order valence-electron chi connectivity index (χ4n) is 3.08. The molecule has 1 atom stereocenters. The zero-order valence-electron chi connectivity index (χ0n) is 13.6. The van der Waals surface area contributed by atoms with Gasteiger partial charge in [-0.25, -0.2) is 4.79 Å². The van der Waals surface area contributed by atoms with Crippen LogP contribution in [0.3, 0.4) is 0 Å². The van der Waals surface area contributed by atoms with Crippen molar-refractivity contribution in [3.63, 3.8) is 0 Å². The van der Waals surface area contributed by atoms with Crippen molar-refractivity contribution in [1.82, 2.24) is 0 Å². The minimum absolute atomic E-state index is 0.00949. The first-order valence-corrected chi connectivity index (χ1v) is 8.06. The topological polar surface area (TPSA) is 80.0 Å². The first-order chi connectivity index (χ1) is 12.1. The molecule has 1 aromatic heterocycles. The summed E-state index contributed by atoms with van der Waals surface area (Å²) in [5.74, 6) is -0.717. The van der Waals surface area contributed by atoms with Gasteiger partial charge in [0.25, 0.3) is 0 Å². The Balaban J connectivity index is 2.05. The van der Waals surface area contributed by atoms with E-state index < -0.39 is 5.97 Å². The van der Waals surface area contributed by atoms with E-state index in [0.717, 1.165) is 11.1 Å². The highest BCUT2D eigenvalue weighted by Gasteiger charge is 2.27. The molecule has 2 heterocycles. The number of ether oxygens (including phenoxy) is 1. The van der Waals surface area contributed by atoms with Gasteiger partial charge in [-0.1, -0.05) is 36.4 Å². The minimum Gasteiger partial charge on any atom is -0.478 e. The van der Waals surface area contributed by atoms with E-state index in [0.29, 0.717) is 29.7 Å². The van der Waals surface area contributed by atoms with Crippen LogP contribution in [-0.2, 0) is 11.2 Å². The predicted octanol–water partition coefficient (Wildman–Crippen LogP) is 3.41. The molecule has 5 nitrogen and oxygen atoms in total. The summed E-state index contributed by atoms with van der Waals surface area (Å²) < 4.78 is 11.2. The van der Waals surface area contributed by atoms with Crippen molar-refractivity contribution >= 4 is 16.9 Å². The van der Waals surface area contributed by atoms with Crippen LogP contribution in [0.25, 0.3) is 22.3 Å². The van der Waals surface area contributed by atoms with Gasteiger partial charge >= 0.3 is 5.97 Å². The average Bonchev–Trinajstić information content (AvgIpc) is 3.42. The number of carboxylic acid groups (broad SMARTS) is 1.